The first kappa shape index (κ1) is 9.01. The lowest BCUT2D eigenvalue weighted by Crippen LogP contribution is -2.48. The molecule has 1 atom stereocenters. The van der Waals surface area contributed by atoms with Crippen molar-refractivity contribution in [2.75, 3.05) is 19.6 Å². The molecule has 1 aliphatic rings. The Morgan fingerprint density at radius 2 is 2.00 bits per heavy atom. The summed E-state index contributed by atoms with van der Waals surface area (Å²) in [6.07, 6.45) is 0. The lowest BCUT2D eigenvalue weighted by molar-refractivity contribution is 0.239. The zero-order chi connectivity index (χ0) is 8.27. The van der Waals surface area contributed by atoms with Crippen LogP contribution < -0.4 is 10.6 Å². The van der Waals surface area contributed by atoms with E-state index < -0.39 is 0 Å². The van der Waals surface area contributed by atoms with Gasteiger partial charge in [-0.2, -0.15) is 0 Å². The van der Waals surface area contributed by atoms with E-state index in [0.717, 1.165) is 11.8 Å². The van der Waals surface area contributed by atoms with E-state index in [4.69, 9.17) is 0 Å². The molecule has 0 aromatic rings. The summed E-state index contributed by atoms with van der Waals surface area (Å²) in [5.41, 5.74) is 0. The zero-order valence-electron chi connectivity index (χ0n) is 7.85. The number of hydrogen-bond acceptors (Lipinski definition) is 2. The Morgan fingerprint density at radius 1 is 1.36 bits per heavy atom. The van der Waals surface area contributed by atoms with Crippen LogP contribution in [0.25, 0.3) is 0 Å². The highest BCUT2D eigenvalue weighted by Crippen LogP contribution is 2.14. The van der Waals surface area contributed by atoms with Crippen LogP contribution in [0.1, 0.15) is 20.8 Å². The average Bonchev–Trinajstić information content (AvgIpc) is 1.79. The van der Waals surface area contributed by atoms with Crippen molar-refractivity contribution in [2.45, 2.75) is 26.8 Å². The summed E-state index contributed by atoms with van der Waals surface area (Å²) in [5, 5.41) is 6.77. The Bertz CT molecular complexity index is 108. The molecule has 0 aliphatic carbocycles. The molecule has 0 aromatic carbocycles. The SMILES string of the molecule is CC(C)NCC(C)C1CNC1. The maximum Gasteiger partial charge on any atom is 0.00104 e. The van der Waals surface area contributed by atoms with Gasteiger partial charge in [-0.25, -0.2) is 0 Å². The van der Waals surface area contributed by atoms with Gasteiger partial charge < -0.3 is 10.6 Å². The van der Waals surface area contributed by atoms with Crippen molar-refractivity contribution in [1.29, 1.82) is 0 Å². The van der Waals surface area contributed by atoms with Crippen LogP contribution in [0.3, 0.4) is 0 Å². The minimum absolute atomic E-state index is 0.630. The van der Waals surface area contributed by atoms with Crippen LogP contribution in [0.4, 0.5) is 0 Å². The molecule has 1 rings (SSSR count). The van der Waals surface area contributed by atoms with Gasteiger partial charge in [-0.05, 0) is 31.5 Å². The highest BCUT2D eigenvalue weighted by atomic mass is 15.0. The third kappa shape index (κ3) is 2.80. The number of hydrogen-bond donors (Lipinski definition) is 2. The van der Waals surface area contributed by atoms with Gasteiger partial charge in [0.15, 0.2) is 0 Å². The second-order valence-electron chi connectivity index (χ2n) is 3.96. The van der Waals surface area contributed by atoms with E-state index in [1.54, 1.807) is 0 Å². The van der Waals surface area contributed by atoms with E-state index in [-0.39, 0.29) is 0 Å². The van der Waals surface area contributed by atoms with Gasteiger partial charge in [0, 0.05) is 6.04 Å². The maximum absolute atomic E-state index is 3.47. The summed E-state index contributed by atoms with van der Waals surface area (Å²) in [7, 11) is 0. The second kappa shape index (κ2) is 4.07. The van der Waals surface area contributed by atoms with Crippen molar-refractivity contribution in [2.24, 2.45) is 11.8 Å². The van der Waals surface area contributed by atoms with Crippen molar-refractivity contribution in [3.05, 3.63) is 0 Å². The van der Waals surface area contributed by atoms with Crippen LogP contribution in [0.15, 0.2) is 0 Å². The van der Waals surface area contributed by atoms with Crippen LogP contribution in [0.2, 0.25) is 0 Å². The fourth-order valence-electron chi connectivity index (χ4n) is 1.30. The highest BCUT2D eigenvalue weighted by molar-refractivity contribution is 4.80. The van der Waals surface area contributed by atoms with Crippen LogP contribution in [-0.4, -0.2) is 25.7 Å². The first-order valence-corrected chi connectivity index (χ1v) is 4.64. The van der Waals surface area contributed by atoms with Crippen LogP contribution >= 0.6 is 0 Å². The summed E-state index contributed by atoms with van der Waals surface area (Å²) >= 11 is 0. The molecular weight excluding hydrogens is 136 g/mol. The van der Waals surface area contributed by atoms with Gasteiger partial charge in [0.25, 0.3) is 0 Å². The quantitative estimate of drug-likeness (QED) is 0.630. The minimum atomic E-state index is 0.630. The topological polar surface area (TPSA) is 24.1 Å². The molecule has 0 bridgehead atoms. The van der Waals surface area contributed by atoms with Crippen LogP contribution in [0, 0.1) is 11.8 Å². The molecule has 2 nitrogen and oxygen atoms in total. The van der Waals surface area contributed by atoms with Gasteiger partial charge >= 0.3 is 0 Å². The summed E-state index contributed by atoms with van der Waals surface area (Å²) in [6.45, 7) is 10.4. The zero-order valence-corrected chi connectivity index (χ0v) is 7.85. The average molecular weight is 156 g/mol. The minimum Gasteiger partial charge on any atom is -0.316 e. The van der Waals surface area contributed by atoms with E-state index >= 15 is 0 Å². The Balaban J connectivity index is 2.05. The van der Waals surface area contributed by atoms with Crippen LogP contribution in [0.5, 0.6) is 0 Å². The summed E-state index contributed by atoms with van der Waals surface area (Å²) in [6, 6.07) is 0.630. The van der Waals surface area contributed by atoms with E-state index in [9.17, 15) is 0 Å². The van der Waals surface area contributed by atoms with Gasteiger partial charge in [0.05, 0.1) is 0 Å². The lowest BCUT2D eigenvalue weighted by Gasteiger charge is -2.33. The fourth-order valence-corrected chi connectivity index (χ4v) is 1.30. The Morgan fingerprint density at radius 3 is 2.36 bits per heavy atom. The van der Waals surface area contributed by atoms with Crippen molar-refractivity contribution >= 4 is 0 Å². The Kier molecular flexibility index (Phi) is 3.34. The van der Waals surface area contributed by atoms with E-state index in [1.807, 2.05) is 0 Å². The standard InChI is InChI=1S/C9H20N2/c1-7(2)11-4-8(3)9-5-10-6-9/h7-11H,4-6H2,1-3H3. The predicted octanol–water partition coefficient (Wildman–Crippen LogP) is 0.840. The maximum atomic E-state index is 3.47. The summed E-state index contributed by atoms with van der Waals surface area (Å²) in [4.78, 5) is 0. The molecular formula is C9H20N2. The molecule has 0 spiro atoms. The predicted molar refractivity (Wildman–Crippen MR) is 48.7 cm³/mol. The fraction of sp³-hybridized carbons (Fsp3) is 1.00. The largest absolute Gasteiger partial charge is 0.316 e. The monoisotopic (exact) mass is 156 g/mol. The van der Waals surface area contributed by atoms with Gasteiger partial charge in [-0.1, -0.05) is 20.8 Å². The summed E-state index contributed by atoms with van der Waals surface area (Å²) in [5.74, 6) is 1.75. The first-order chi connectivity index (χ1) is 5.20. The molecule has 0 radical (unpaired) electrons. The van der Waals surface area contributed by atoms with Crippen molar-refractivity contribution in [3.8, 4) is 0 Å². The van der Waals surface area contributed by atoms with Gasteiger partial charge in [-0.15, -0.1) is 0 Å². The van der Waals surface area contributed by atoms with Crippen LogP contribution in [-0.2, 0) is 0 Å². The normalized spacial score (nSPS) is 21.8. The molecule has 66 valence electrons. The molecule has 2 heteroatoms. The third-order valence-electron chi connectivity index (χ3n) is 2.47. The molecule has 2 N–H and O–H groups in total. The molecule has 1 unspecified atom stereocenters. The lowest BCUT2D eigenvalue weighted by atomic mass is 9.89. The number of rotatable bonds is 4. The Hall–Kier alpha value is -0.0800. The molecule has 1 aliphatic heterocycles. The molecule has 11 heavy (non-hydrogen) atoms. The molecule has 1 heterocycles. The first-order valence-electron chi connectivity index (χ1n) is 4.64. The van der Waals surface area contributed by atoms with E-state index in [2.05, 4.69) is 31.4 Å². The van der Waals surface area contributed by atoms with Gasteiger partial charge in [0.1, 0.15) is 0 Å². The van der Waals surface area contributed by atoms with Crippen molar-refractivity contribution in [1.82, 2.24) is 10.6 Å². The van der Waals surface area contributed by atoms with Crippen molar-refractivity contribution < 1.29 is 0 Å². The molecule has 0 aromatic heterocycles. The highest BCUT2D eigenvalue weighted by Gasteiger charge is 2.22. The molecule has 0 saturated carbocycles. The molecule has 0 amide bonds. The van der Waals surface area contributed by atoms with Gasteiger partial charge in [0.2, 0.25) is 0 Å². The van der Waals surface area contributed by atoms with E-state index in [0.29, 0.717) is 6.04 Å². The third-order valence-corrected chi connectivity index (χ3v) is 2.47. The molecule has 1 saturated heterocycles. The Labute approximate surface area is 69.8 Å². The van der Waals surface area contributed by atoms with Gasteiger partial charge in [-0.3, -0.25) is 0 Å². The van der Waals surface area contributed by atoms with E-state index in [1.165, 1.54) is 19.6 Å². The smallest absolute Gasteiger partial charge is 0.00104 e. The molecule has 1 fully saturated rings. The second-order valence-corrected chi connectivity index (χ2v) is 3.96. The summed E-state index contributed by atoms with van der Waals surface area (Å²) < 4.78 is 0. The number of nitrogens with one attached hydrogen (secondary N) is 2. The van der Waals surface area contributed by atoms with Crippen molar-refractivity contribution in [3.63, 3.8) is 0 Å².